The minimum absolute atomic E-state index is 0.0542. The Bertz CT molecular complexity index is 1450. The Labute approximate surface area is 203 Å². The number of nitrogens with zero attached hydrogens (tertiary/aromatic N) is 6. The molecule has 10 nitrogen and oxygen atoms in total. The zero-order chi connectivity index (χ0) is 26.1. The largest absolute Gasteiger partial charge is 0.382 e. The average molecular weight is 467 g/mol. The van der Waals surface area contributed by atoms with Gasteiger partial charge in [-0.2, -0.15) is 10.4 Å². The van der Waals surface area contributed by atoms with E-state index in [1.54, 1.807) is 0 Å². The number of nitrogen functional groups attached to an aromatic ring is 1. The van der Waals surface area contributed by atoms with Crippen molar-refractivity contribution < 1.29 is 19.1 Å². The predicted molar refractivity (Wildman–Crippen MR) is 127 cm³/mol. The maximum Gasteiger partial charge on any atom is 0.251 e. The molecule has 1 aromatic carbocycles. The number of rotatable bonds is 2. The van der Waals surface area contributed by atoms with Gasteiger partial charge in [0.25, 0.3) is 5.91 Å². The molecule has 170 valence electrons. The molecular weight excluding hydrogens is 450 g/mol. The quantitative estimate of drug-likeness (QED) is 0.497. The Balaban J connectivity index is 1.96. The van der Waals surface area contributed by atoms with Crippen molar-refractivity contribution in [2.24, 2.45) is 0 Å². The summed E-state index contributed by atoms with van der Waals surface area (Å²) < 4.78 is 16.5. The summed E-state index contributed by atoms with van der Waals surface area (Å²) in [5.41, 5.74) is 1.98. The van der Waals surface area contributed by atoms with Gasteiger partial charge in [-0.1, -0.05) is 0 Å². The smallest absolute Gasteiger partial charge is 0.251 e. The van der Waals surface area contributed by atoms with E-state index in [2.05, 4.69) is 10.1 Å². The Morgan fingerprint density at radius 1 is 1.26 bits per heavy atom. The monoisotopic (exact) mass is 467 g/mol. The van der Waals surface area contributed by atoms with E-state index in [9.17, 15) is 20.0 Å². The van der Waals surface area contributed by atoms with Crippen LogP contribution in [0.2, 0.25) is 0 Å². The number of aliphatic hydroxyl groups is 1. The third-order valence-corrected chi connectivity index (χ3v) is 6.09. The van der Waals surface area contributed by atoms with Crippen molar-refractivity contribution in [1.82, 2.24) is 19.5 Å². The number of nitriles is 1. The molecule has 3 aromatic rings. The number of halogens is 1. The highest BCUT2D eigenvalue weighted by Gasteiger charge is 2.61. The number of fused-ring (bicyclic) bond motifs is 1. The highest BCUT2D eigenvalue weighted by atomic mass is 19.1. The Hall–Kier alpha value is -3.85. The fourth-order valence-electron chi connectivity index (χ4n) is 4.45. The van der Waals surface area contributed by atoms with Crippen LogP contribution in [0.25, 0.3) is 16.8 Å². The van der Waals surface area contributed by atoms with Crippen molar-refractivity contribution in [3.63, 3.8) is 0 Å². The SMILES string of the molecule is [B]C1([B])N(c2cc(-c3cc(C#N)c4c(N)ncnn34)ccc2F)C(=O)C(C)(C)N(C(C)=O)C1([B])O. The van der Waals surface area contributed by atoms with Crippen LogP contribution in [0.1, 0.15) is 26.3 Å². The fourth-order valence-corrected chi connectivity index (χ4v) is 4.45. The number of anilines is 2. The molecule has 1 aliphatic heterocycles. The van der Waals surface area contributed by atoms with Crippen LogP contribution < -0.4 is 10.6 Å². The third kappa shape index (κ3) is 3.22. The molecule has 1 atom stereocenters. The van der Waals surface area contributed by atoms with Gasteiger partial charge in [0, 0.05) is 17.8 Å². The molecule has 6 radical (unpaired) electrons. The van der Waals surface area contributed by atoms with E-state index < -0.39 is 39.8 Å². The normalized spacial score (nSPS) is 21.2. The van der Waals surface area contributed by atoms with Crippen molar-refractivity contribution in [2.75, 3.05) is 10.6 Å². The maximum atomic E-state index is 15.2. The fraction of sp³-hybridized carbons (Fsp3) is 0.286. The van der Waals surface area contributed by atoms with Gasteiger partial charge >= 0.3 is 0 Å². The van der Waals surface area contributed by atoms with Crippen LogP contribution >= 0.6 is 0 Å². The standard InChI is InChI=1S/C21H17B3FN7O3/c1-10(33)32-19(2,3)18(34)30(20(22,23)21(32,24)35)15-6-11(4-5-13(15)25)14-7-12(8-26)16-17(27)28-9-29-31(14)16/h4-7,9,35H,1-3H3,(H2,27,28,29). The number of aromatic nitrogens is 3. The van der Waals surface area contributed by atoms with Crippen LogP contribution in [0.3, 0.4) is 0 Å². The second kappa shape index (κ2) is 7.58. The van der Waals surface area contributed by atoms with Gasteiger partial charge < -0.3 is 20.6 Å². The van der Waals surface area contributed by atoms with Gasteiger partial charge in [0.2, 0.25) is 5.91 Å². The van der Waals surface area contributed by atoms with E-state index in [1.807, 2.05) is 6.07 Å². The number of hydrogen-bond donors (Lipinski definition) is 2. The summed E-state index contributed by atoms with van der Waals surface area (Å²) in [5, 5.41) is 22.0. The lowest BCUT2D eigenvalue weighted by atomic mass is 9.46. The molecule has 4 rings (SSSR count). The molecule has 35 heavy (non-hydrogen) atoms. The summed E-state index contributed by atoms with van der Waals surface area (Å²) in [7, 11) is 18.3. The van der Waals surface area contributed by atoms with Gasteiger partial charge in [0.15, 0.2) is 5.82 Å². The first-order chi connectivity index (χ1) is 16.2. The molecule has 14 heteroatoms. The van der Waals surface area contributed by atoms with Crippen molar-refractivity contribution in [2.45, 2.75) is 37.3 Å². The second-order valence-corrected chi connectivity index (χ2v) is 8.73. The summed E-state index contributed by atoms with van der Waals surface area (Å²) in [4.78, 5) is 31.0. The molecule has 0 saturated carbocycles. The molecule has 2 aromatic heterocycles. The molecular formula is C21H17B3FN7O3. The Morgan fingerprint density at radius 3 is 2.51 bits per heavy atom. The number of carbonyl (C=O) groups is 2. The van der Waals surface area contributed by atoms with E-state index in [0.717, 1.165) is 13.0 Å². The number of piperazine rings is 1. The van der Waals surface area contributed by atoms with Crippen LogP contribution in [0.15, 0.2) is 30.6 Å². The number of benzene rings is 1. The zero-order valence-electron chi connectivity index (χ0n) is 19.0. The molecule has 0 bridgehead atoms. The number of nitrogens with two attached hydrogens (primary N) is 1. The number of hydrogen-bond acceptors (Lipinski definition) is 7. The Morgan fingerprint density at radius 2 is 1.91 bits per heavy atom. The van der Waals surface area contributed by atoms with E-state index in [-0.39, 0.29) is 16.9 Å². The minimum atomic E-state index is -2.78. The molecule has 1 unspecified atom stereocenters. The number of carbonyl (C=O) groups excluding carboxylic acids is 2. The zero-order valence-corrected chi connectivity index (χ0v) is 19.0. The number of amides is 2. The van der Waals surface area contributed by atoms with Gasteiger partial charge in [0.1, 0.15) is 42.7 Å². The first-order valence-electron chi connectivity index (χ1n) is 10.2. The molecule has 1 aliphatic rings. The van der Waals surface area contributed by atoms with Crippen LogP contribution in [0.5, 0.6) is 0 Å². The lowest BCUT2D eigenvalue weighted by molar-refractivity contribution is -0.174. The van der Waals surface area contributed by atoms with E-state index in [1.165, 1.54) is 42.9 Å². The maximum absolute atomic E-state index is 15.2. The summed E-state index contributed by atoms with van der Waals surface area (Å²) in [6.45, 7) is 3.72. The van der Waals surface area contributed by atoms with Crippen molar-refractivity contribution in [1.29, 1.82) is 5.26 Å². The molecule has 1 saturated heterocycles. The van der Waals surface area contributed by atoms with Crippen molar-refractivity contribution in [3.05, 3.63) is 42.0 Å². The molecule has 3 N–H and O–H groups in total. The van der Waals surface area contributed by atoms with E-state index >= 15 is 4.39 Å². The van der Waals surface area contributed by atoms with Crippen LogP contribution in [0, 0.1) is 17.1 Å². The average Bonchev–Trinajstić information content (AvgIpc) is 3.13. The van der Waals surface area contributed by atoms with Crippen molar-refractivity contribution >= 4 is 52.4 Å². The van der Waals surface area contributed by atoms with Gasteiger partial charge in [-0.05, 0) is 38.1 Å². The first kappa shape index (κ1) is 24.3. The molecule has 0 spiro atoms. The highest BCUT2D eigenvalue weighted by molar-refractivity contribution is 6.49. The van der Waals surface area contributed by atoms with Crippen LogP contribution in [-0.2, 0) is 9.59 Å². The molecule has 3 heterocycles. The predicted octanol–water partition coefficient (Wildman–Crippen LogP) is -0.232. The van der Waals surface area contributed by atoms with E-state index in [0.29, 0.717) is 21.1 Å². The highest BCUT2D eigenvalue weighted by Crippen LogP contribution is 2.43. The molecule has 1 fully saturated rings. The third-order valence-electron chi connectivity index (χ3n) is 6.09. The van der Waals surface area contributed by atoms with Gasteiger partial charge in [-0.25, -0.2) is 13.9 Å². The summed E-state index contributed by atoms with van der Waals surface area (Å²) in [6, 6.07) is 7.13. The summed E-state index contributed by atoms with van der Waals surface area (Å²) in [6.07, 6.45) is 1.18. The summed E-state index contributed by atoms with van der Waals surface area (Å²) in [5.74, 6) is -2.53. The van der Waals surface area contributed by atoms with Crippen LogP contribution in [-0.4, -0.2) is 76.5 Å². The van der Waals surface area contributed by atoms with E-state index in [4.69, 9.17) is 29.3 Å². The lowest BCUT2D eigenvalue weighted by Crippen LogP contribution is -2.85. The summed E-state index contributed by atoms with van der Waals surface area (Å²) >= 11 is 0. The second-order valence-electron chi connectivity index (χ2n) is 8.73. The first-order valence-corrected chi connectivity index (χ1v) is 10.2. The van der Waals surface area contributed by atoms with Gasteiger partial charge in [-0.3, -0.25) is 9.59 Å². The Kier molecular flexibility index (Phi) is 5.26. The van der Waals surface area contributed by atoms with Gasteiger partial charge in [0.05, 0.1) is 32.6 Å². The van der Waals surface area contributed by atoms with Crippen LogP contribution in [0.4, 0.5) is 15.9 Å². The minimum Gasteiger partial charge on any atom is -0.382 e. The van der Waals surface area contributed by atoms with Crippen molar-refractivity contribution in [3.8, 4) is 17.3 Å². The lowest BCUT2D eigenvalue weighted by Gasteiger charge is -2.63. The van der Waals surface area contributed by atoms with Gasteiger partial charge in [-0.15, -0.1) is 0 Å². The molecule has 2 amide bonds. The molecule has 0 aliphatic carbocycles. The topological polar surface area (TPSA) is 141 Å².